The fraction of sp³-hybridized carbons (Fsp3) is 0.500. The van der Waals surface area contributed by atoms with Gasteiger partial charge in [0.25, 0.3) is 0 Å². The molecule has 1 saturated heterocycles. The highest BCUT2D eigenvalue weighted by Crippen LogP contribution is 2.31. The fourth-order valence-electron chi connectivity index (χ4n) is 4.15. The van der Waals surface area contributed by atoms with Gasteiger partial charge in [-0.15, -0.1) is 0 Å². The molecular formula is C22H29FN4O4S2. The van der Waals surface area contributed by atoms with E-state index in [2.05, 4.69) is 10.3 Å². The van der Waals surface area contributed by atoms with E-state index in [0.717, 1.165) is 24.8 Å². The molecule has 2 aliphatic rings. The molecule has 0 radical (unpaired) electrons. The van der Waals surface area contributed by atoms with Crippen LogP contribution in [-0.4, -0.2) is 61.9 Å². The third-order valence-corrected chi connectivity index (χ3v) is 9.54. The van der Waals surface area contributed by atoms with E-state index < -0.39 is 20.0 Å². The summed E-state index contributed by atoms with van der Waals surface area (Å²) in [4.78, 5) is 4.43. The second-order valence-corrected chi connectivity index (χ2v) is 12.6. The average Bonchev–Trinajstić information content (AvgIpc) is 2.74. The van der Waals surface area contributed by atoms with Crippen LogP contribution in [0.2, 0.25) is 0 Å². The van der Waals surface area contributed by atoms with Crippen LogP contribution in [0.25, 0.3) is 0 Å². The number of pyridine rings is 1. The number of rotatable bonds is 8. The van der Waals surface area contributed by atoms with Gasteiger partial charge in [0, 0.05) is 37.9 Å². The summed E-state index contributed by atoms with van der Waals surface area (Å²) in [5.41, 5.74) is 0.735. The summed E-state index contributed by atoms with van der Waals surface area (Å²) >= 11 is 0. The average molecular weight is 497 g/mol. The topological polar surface area (TPSA) is 99.7 Å². The van der Waals surface area contributed by atoms with Crippen molar-refractivity contribution in [2.24, 2.45) is 0 Å². The highest BCUT2D eigenvalue weighted by molar-refractivity contribution is 7.89. The largest absolute Gasteiger partial charge is 0.367 e. The minimum Gasteiger partial charge on any atom is -0.367 e. The van der Waals surface area contributed by atoms with E-state index >= 15 is 0 Å². The lowest BCUT2D eigenvalue weighted by molar-refractivity contribution is 0.213. The summed E-state index contributed by atoms with van der Waals surface area (Å²) in [6.07, 6.45) is 6.48. The number of piperidine rings is 1. The number of halogens is 1. The van der Waals surface area contributed by atoms with E-state index in [-0.39, 0.29) is 29.3 Å². The summed E-state index contributed by atoms with van der Waals surface area (Å²) in [7, 11) is -6.95. The number of hydrogen-bond acceptors (Lipinski definition) is 6. The van der Waals surface area contributed by atoms with E-state index in [9.17, 15) is 21.2 Å². The molecule has 4 rings (SSSR count). The molecule has 1 N–H and O–H groups in total. The lowest BCUT2D eigenvalue weighted by Gasteiger charge is -2.36. The molecular weight excluding hydrogens is 467 g/mol. The van der Waals surface area contributed by atoms with Crippen molar-refractivity contribution in [1.29, 1.82) is 0 Å². The molecule has 1 aromatic heterocycles. The van der Waals surface area contributed by atoms with Crippen molar-refractivity contribution in [3.63, 3.8) is 0 Å². The zero-order chi connectivity index (χ0) is 23.6. The summed E-state index contributed by atoms with van der Waals surface area (Å²) in [6, 6.07) is 9.08. The molecule has 0 bridgehead atoms. The van der Waals surface area contributed by atoms with Gasteiger partial charge in [0.1, 0.15) is 16.5 Å². The second-order valence-electron chi connectivity index (χ2n) is 8.72. The Morgan fingerprint density at radius 1 is 1.03 bits per heavy atom. The van der Waals surface area contributed by atoms with Gasteiger partial charge >= 0.3 is 0 Å². The zero-order valence-corrected chi connectivity index (χ0v) is 20.2. The minimum absolute atomic E-state index is 0.0714. The molecule has 11 heteroatoms. The van der Waals surface area contributed by atoms with Crippen molar-refractivity contribution in [2.45, 2.75) is 55.6 Å². The van der Waals surface area contributed by atoms with Gasteiger partial charge in [-0.25, -0.2) is 30.5 Å². The molecule has 2 heterocycles. The Labute approximate surface area is 194 Å². The van der Waals surface area contributed by atoms with Crippen LogP contribution in [0.3, 0.4) is 0 Å². The van der Waals surface area contributed by atoms with Crippen LogP contribution >= 0.6 is 0 Å². The van der Waals surface area contributed by atoms with Gasteiger partial charge in [-0.05, 0) is 55.5 Å². The maximum absolute atomic E-state index is 13.4. The lowest BCUT2D eigenvalue weighted by Crippen LogP contribution is -2.43. The lowest BCUT2D eigenvalue weighted by atomic mass is 9.93. The van der Waals surface area contributed by atoms with Crippen LogP contribution in [0.1, 0.15) is 37.7 Å². The Morgan fingerprint density at radius 2 is 1.70 bits per heavy atom. The van der Waals surface area contributed by atoms with Crippen molar-refractivity contribution in [2.75, 3.05) is 24.7 Å². The number of nitrogens with one attached hydrogen (secondary N) is 1. The predicted molar refractivity (Wildman–Crippen MR) is 124 cm³/mol. The molecule has 0 spiro atoms. The minimum atomic E-state index is -3.77. The van der Waals surface area contributed by atoms with Crippen LogP contribution < -0.4 is 5.32 Å². The highest BCUT2D eigenvalue weighted by atomic mass is 32.2. The normalized spacial score (nSPS) is 18.9. The number of sulfonamides is 2. The van der Waals surface area contributed by atoms with Crippen LogP contribution in [0.15, 0.2) is 47.5 Å². The third kappa shape index (κ3) is 5.71. The van der Waals surface area contributed by atoms with Crippen LogP contribution in [0, 0.1) is 5.82 Å². The predicted octanol–water partition coefficient (Wildman–Crippen LogP) is 2.80. The SMILES string of the molecule is CS(=O)(=O)N1CCC(Nc2ccc(S(=O)(=O)N(Cc3ccc(F)cc3)C3CCC3)cn2)CC1. The molecule has 0 atom stereocenters. The van der Waals surface area contributed by atoms with Crippen LogP contribution in [-0.2, 0) is 26.6 Å². The van der Waals surface area contributed by atoms with Gasteiger partial charge in [0.15, 0.2) is 0 Å². The second kappa shape index (κ2) is 9.65. The fourth-order valence-corrected chi connectivity index (χ4v) is 6.64. The summed E-state index contributed by atoms with van der Waals surface area (Å²) in [6.45, 7) is 1.08. The van der Waals surface area contributed by atoms with Gasteiger partial charge in [-0.1, -0.05) is 18.6 Å². The van der Waals surface area contributed by atoms with Gasteiger partial charge in [0.2, 0.25) is 20.0 Å². The first-order valence-electron chi connectivity index (χ1n) is 11.1. The molecule has 2 aromatic rings. The van der Waals surface area contributed by atoms with Crippen molar-refractivity contribution in [3.8, 4) is 0 Å². The molecule has 1 saturated carbocycles. The smallest absolute Gasteiger partial charge is 0.245 e. The summed E-state index contributed by atoms with van der Waals surface area (Å²) < 4.78 is 66.3. The first-order chi connectivity index (χ1) is 15.6. The molecule has 33 heavy (non-hydrogen) atoms. The van der Waals surface area contributed by atoms with E-state index in [1.165, 1.54) is 33.2 Å². The van der Waals surface area contributed by atoms with Crippen molar-refractivity contribution < 1.29 is 21.2 Å². The molecule has 1 aliphatic carbocycles. The molecule has 2 fully saturated rings. The molecule has 8 nitrogen and oxygen atoms in total. The molecule has 1 aliphatic heterocycles. The van der Waals surface area contributed by atoms with Crippen molar-refractivity contribution in [3.05, 3.63) is 54.0 Å². The summed E-state index contributed by atoms with van der Waals surface area (Å²) in [5.74, 6) is 0.201. The van der Waals surface area contributed by atoms with E-state index in [0.29, 0.717) is 31.7 Å². The zero-order valence-electron chi connectivity index (χ0n) is 18.5. The first-order valence-corrected chi connectivity index (χ1v) is 14.4. The van der Waals surface area contributed by atoms with Gasteiger partial charge in [-0.2, -0.15) is 4.31 Å². The van der Waals surface area contributed by atoms with Crippen LogP contribution in [0.5, 0.6) is 0 Å². The highest BCUT2D eigenvalue weighted by Gasteiger charge is 2.35. The van der Waals surface area contributed by atoms with Crippen molar-refractivity contribution in [1.82, 2.24) is 13.6 Å². The van der Waals surface area contributed by atoms with Crippen LogP contribution in [0.4, 0.5) is 10.2 Å². The number of aromatic nitrogens is 1. The number of benzene rings is 1. The Hall–Kier alpha value is -2.08. The van der Waals surface area contributed by atoms with E-state index in [1.54, 1.807) is 24.3 Å². The number of anilines is 1. The third-order valence-electron chi connectivity index (χ3n) is 6.35. The number of hydrogen-bond donors (Lipinski definition) is 1. The number of nitrogens with zero attached hydrogens (tertiary/aromatic N) is 3. The molecule has 180 valence electrons. The quantitative estimate of drug-likeness (QED) is 0.603. The monoisotopic (exact) mass is 496 g/mol. The van der Waals surface area contributed by atoms with Gasteiger partial charge in [0.05, 0.1) is 6.26 Å². The Morgan fingerprint density at radius 3 is 2.21 bits per heavy atom. The molecule has 0 unspecified atom stereocenters. The first kappa shape index (κ1) is 24.1. The summed E-state index contributed by atoms with van der Waals surface area (Å²) in [5, 5.41) is 3.27. The van der Waals surface area contributed by atoms with Gasteiger partial charge in [-0.3, -0.25) is 0 Å². The Kier molecular flexibility index (Phi) is 7.04. The maximum Gasteiger partial charge on any atom is 0.245 e. The molecule has 0 amide bonds. The van der Waals surface area contributed by atoms with E-state index in [4.69, 9.17) is 0 Å². The van der Waals surface area contributed by atoms with Crippen molar-refractivity contribution >= 4 is 25.9 Å². The van der Waals surface area contributed by atoms with Gasteiger partial charge < -0.3 is 5.32 Å². The Balaban J connectivity index is 1.44. The molecule has 1 aromatic carbocycles. The Bertz CT molecular complexity index is 1160. The van der Waals surface area contributed by atoms with E-state index in [1.807, 2.05) is 0 Å². The maximum atomic E-state index is 13.4. The standard InChI is InChI=1S/C22H29FN4O4S2/c1-32(28,29)26-13-11-19(12-14-26)25-22-10-9-21(15-24-22)33(30,31)27(20-3-2-4-20)16-17-5-7-18(23)8-6-17/h5-10,15,19-20H,2-4,11-14,16H2,1H3,(H,24,25).